The molecule has 0 aliphatic carbocycles. The van der Waals surface area contributed by atoms with Crippen molar-refractivity contribution in [3.05, 3.63) is 29.8 Å². The number of hydrogen-bond acceptors (Lipinski definition) is 2. The Balaban J connectivity index is 2.58. The molecule has 0 amide bonds. The van der Waals surface area contributed by atoms with Gasteiger partial charge in [0.25, 0.3) is 0 Å². The molecule has 0 saturated heterocycles. The molecule has 0 spiro atoms. The van der Waals surface area contributed by atoms with E-state index in [1.54, 1.807) is 0 Å². The second-order valence-corrected chi connectivity index (χ2v) is 4.89. The van der Waals surface area contributed by atoms with Crippen LogP contribution in [-0.2, 0) is 0 Å². The summed E-state index contributed by atoms with van der Waals surface area (Å²) in [4.78, 5) is 0.418. The van der Waals surface area contributed by atoms with Gasteiger partial charge in [-0.25, -0.2) is 0 Å². The second kappa shape index (κ2) is 5.85. The van der Waals surface area contributed by atoms with Crippen LogP contribution in [-0.4, -0.2) is 11.1 Å². The highest BCUT2D eigenvalue weighted by Gasteiger charge is 2.06. The minimum Gasteiger partial charge on any atom is -0.491 e. The van der Waals surface area contributed by atoms with Crippen LogP contribution in [0.4, 0.5) is 0 Å². The van der Waals surface area contributed by atoms with Gasteiger partial charge in [-0.3, -0.25) is 0 Å². The van der Waals surface area contributed by atoms with Crippen molar-refractivity contribution in [3.63, 3.8) is 0 Å². The summed E-state index contributed by atoms with van der Waals surface area (Å²) < 4.78 is 5.78. The Bertz CT molecular complexity index is 345. The summed E-state index contributed by atoms with van der Waals surface area (Å²) in [7, 11) is 0. The predicted molar refractivity (Wildman–Crippen MR) is 71.9 cm³/mol. The number of nitrogens with two attached hydrogens (primary N) is 1. The van der Waals surface area contributed by atoms with E-state index in [0.29, 0.717) is 10.9 Å². The van der Waals surface area contributed by atoms with Gasteiger partial charge in [0.1, 0.15) is 10.7 Å². The molecule has 0 heterocycles. The lowest BCUT2D eigenvalue weighted by atomic mass is 10.1. The van der Waals surface area contributed by atoms with Crippen molar-refractivity contribution < 1.29 is 4.74 Å². The number of thiocarbonyl (C=S) groups is 1. The summed E-state index contributed by atoms with van der Waals surface area (Å²) in [6.07, 6.45) is 1.28. The van der Waals surface area contributed by atoms with Crippen LogP contribution in [0.15, 0.2) is 24.3 Å². The fourth-order valence-corrected chi connectivity index (χ4v) is 1.78. The molecule has 0 radical (unpaired) electrons. The van der Waals surface area contributed by atoms with Gasteiger partial charge in [-0.15, -0.1) is 0 Å². The summed E-state index contributed by atoms with van der Waals surface area (Å²) in [5.74, 6) is 1.51. The van der Waals surface area contributed by atoms with Crippen LogP contribution in [0, 0.1) is 5.92 Å². The van der Waals surface area contributed by atoms with E-state index in [2.05, 4.69) is 20.8 Å². The van der Waals surface area contributed by atoms with E-state index in [9.17, 15) is 0 Å². The van der Waals surface area contributed by atoms with Crippen LogP contribution in [0.2, 0.25) is 0 Å². The van der Waals surface area contributed by atoms with Crippen LogP contribution in [0.25, 0.3) is 0 Å². The zero-order valence-corrected chi connectivity index (χ0v) is 10.9. The molecule has 16 heavy (non-hydrogen) atoms. The summed E-state index contributed by atoms with van der Waals surface area (Å²) in [5.41, 5.74) is 6.40. The third-order valence-electron chi connectivity index (χ3n) is 2.28. The number of hydrogen-bond donors (Lipinski definition) is 1. The van der Waals surface area contributed by atoms with Gasteiger partial charge in [0.2, 0.25) is 0 Å². The molecule has 2 nitrogen and oxygen atoms in total. The van der Waals surface area contributed by atoms with Crippen LogP contribution in [0.5, 0.6) is 5.75 Å². The largest absolute Gasteiger partial charge is 0.491 e. The molecule has 1 rings (SSSR count). The molecule has 1 unspecified atom stereocenters. The monoisotopic (exact) mass is 237 g/mol. The average molecular weight is 237 g/mol. The fraction of sp³-hybridized carbons (Fsp3) is 0.462. The Morgan fingerprint density at radius 2 is 1.81 bits per heavy atom. The van der Waals surface area contributed by atoms with Gasteiger partial charge in [-0.05, 0) is 43.5 Å². The summed E-state index contributed by atoms with van der Waals surface area (Å²) in [6.45, 7) is 6.47. The van der Waals surface area contributed by atoms with Gasteiger partial charge in [0.05, 0.1) is 6.10 Å². The van der Waals surface area contributed by atoms with E-state index < -0.39 is 0 Å². The summed E-state index contributed by atoms with van der Waals surface area (Å²) in [5, 5.41) is 0. The highest BCUT2D eigenvalue weighted by atomic mass is 32.1. The van der Waals surface area contributed by atoms with E-state index in [-0.39, 0.29) is 6.10 Å². The minimum atomic E-state index is 0.232. The minimum absolute atomic E-state index is 0.232. The standard InChI is InChI=1S/C13H19NOS/c1-9(2)8-10(3)15-12-6-4-11(5-7-12)13(14)16/h4-7,9-10H,8H2,1-3H3,(H2,14,16). The highest BCUT2D eigenvalue weighted by molar-refractivity contribution is 7.80. The Hall–Kier alpha value is -1.09. The zero-order valence-electron chi connectivity index (χ0n) is 10.1. The maximum Gasteiger partial charge on any atom is 0.119 e. The molecule has 0 bridgehead atoms. The first-order valence-electron chi connectivity index (χ1n) is 5.55. The van der Waals surface area contributed by atoms with Gasteiger partial charge in [-0.2, -0.15) is 0 Å². The molecule has 1 aromatic carbocycles. The van der Waals surface area contributed by atoms with Gasteiger partial charge < -0.3 is 10.5 Å². The first kappa shape index (κ1) is 13.0. The molecule has 1 aromatic rings. The third-order valence-corrected chi connectivity index (χ3v) is 2.52. The van der Waals surface area contributed by atoms with E-state index in [1.807, 2.05) is 24.3 Å². The lowest BCUT2D eigenvalue weighted by Gasteiger charge is -2.16. The molecule has 1 atom stereocenters. The normalized spacial score (nSPS) is 12.5. The van der Waals surface area contributed by atoms with Crippen molar-refractivity contribution in [2.75, 3.05) is 0 Å². The number of rotatable bonds is 5. The predicted octanol–water partition coefficient (Wildman–Crippen LogP) is 3.13. The molecule has 2 N–H and O–H groups in total. The van der Waals surface area contributed by atoms with Crippen LogP contribution in [0.1, 0.15) is 32.8 Å². The number of ether oxygens (including phenoxy) is 1. The quantitative estimate of drug-likeness (QED) is 0.799. The Kier molecular flexibility index (Phi) is 4.74. The molecular weight excluding hydrogens is 218 g/mol. The van der Waals surface area contributed by atoms with Crippen molar-refractivity contribution in [3.8, 4) is 5.75 Å². The Morgan fingerprint density at radius 1 is 1.25 bits per heavy atom. The van der Waals surface area contributed by atoms with Gasteiger partial charge >= 0.3 is 0 Å². The van der Waals surface area contributed by atoms with E-state index in [4.69, 9.17) is 22.7 Å². The molecule has 0 aromatic heterocycles. The number of benzene rings is 1. The topological polar surface area (TPSA) is 35.2 Å². The average Bonchev–Trinajstić information content (AvgIpc) is 2.16. The molecule has 3 heteroatoms. The molecular formula is C13H19NOS. The first-order valence-corrected chi connectivity index (χ1v) is 5.96. The van der Waals surface area contributed by atoms with Crippen LogP contribution in [0.3, 0.4) is 0 Å². The van der Waals surface area contributed by atoms with Gasteiger partial charge in [0, 0.05) is 5.56 Å². The smallest absolute Gasteiger partial charge is 0.119 e. The summed E-state index contributed by atoms with van der Waals surface area (Å²) in [6, 6.07) is 7.59. The molecule has 0 aliphatic heterocycles. The highest BCUT2D eigenvalue weighted by Crippen LogP contribution is 2.16. The van der Waals surface area contributed by atoms with E-state index in [1.165, 1.54) is 0 Å². The Labute approximate surface area is 103 Å². The molecule has 88 valence electrons. The Morgan fingerprint density at radius 3 is 2.25 bits per heavy atom. The van der Waals surface area contributed by atoms with Gasteiger partial charge in [0.15, 0.2) is 0 Å². The second-order valence-electron chi connectivity index (χ2n) is 4.45. The van der Waals surface area contributed by atoms with Crippen molar-refractivity contribution in [2.24, 2.45) is 11.7 Å². The van der Waals surface area contributed by atoms with Crippen molar-refractivity contribution in [1.82, 2.24) is 0 Å². The fourth-order valence-electron chi connectivity index (χ4n) is 1.64. The first-order chi connectivity index (χ1) is 7.49. The van der Waals surface area contributed by atoms with Crippen molar-refractivity contribution in [1.29, 1.82) is 0 Å². The summed E-state index contributed by atoms with van der Waals surface area (Å²) >= 11 is 4.89. The van der Waals surface area contributed by atoms with E-state index >= 15 is 0 Å². The van der Waals surface area contributed by atoms with Crippen LogP contribution < -0.4 is 10.5 Å². The third kappa shape index (κ3) is 4.19. The lowest BCUT2D eigenvalue weighted by Crippen LogP contribution is -2.14. The van der Waals surface area contributed by atoms with Crippen molar-refractivity contribution >= 4 is 17.2 Å². The molecule has 0 aliphatic rings. The zero-order chi connectivity index (χ0) is 12.1. The van der Waals surface area contributed by atoms with Crippen molar-refractivity contribution in [2.45, 2.75) is 33.3 Å². The SMILES string of the molecule is CC(C)CC(C)Oc1ccc(C(N)=S)cc1. The maximum absolute atomic E-state index is 5.78. The van der Waals surface area contributed by atoms with Gasteiger partial charge in [-0.1, -0.05) is 26.1 Å². The van der Waals surface area contributed by atoms with E-state index in [0.717, 1.165) is 17.7 Å². The maximum atomic E-state index is 5.78. The molecule has 0 fully saturated rings. The van der Waals surface area contributed by atoms with Crippen LogP contribution >= 0.6 is 12.2 Å². The molecule has 0 saturated carbocycles. The lowest BCUT2D eigenvalue weighted by molar-refractivity contribution is 0.193.